The van der Waals surface area contributed by atoms with E-state index in [1.807, 2.05) is 0 Å². The molecule has 0 saturated carbocycles. The van der Waals surface area contributed by atoms with Crippen molar-refractivity contribution in [2.75, 3.05) is 20.8 Å². The van der Waals surface area contributed by atoms with Gasteiger partial charge in [0.05, 0.1) is 32.8 Å². The van der Waals surface area contributed by atoms with Gasteiger partial charge in [0.2, 0.25) is 0 Å². The summed E-state index contributed by atoms with van der Waals surface area (Å²) >= 11 is 0. The standard InChI is InChI=1S/C14H18O7/c1-4-21-11(16)8-14(13(18)20-3)6-5-10(15)9(7-14)12(17)19-2/h5-7,10,15H,4,8H2,1-3H3. The highest BCUT2D eigenvalue weighted by Gasteiger charge is 2.42. The second kappa shape index (κ2) is 7.03. The maximum absolute atomic E-state index is 12.0. The van der Waals surface area contributed by atoms with Crippen molar-refractivity contribution < 1.29 is 33.7 Å². The number of hydrogen-bond acceptors (Lipinski definition) is 7. The van der Waals surface area contributed by atoms with Gasteiger partial charge in [0.1, 0.15) is 11.5 Å². The third kappa shape index (κ3) is 3.69. The first-order valence-electron chi connectivity index (χ1n) is 6.32. The van der Waals surface area contributed by atoms with E-state index >= 15 is 0 Å². The van der Waals surface area contributed by atoms with E-state index < -0.39 is 29.4 Å². The lowest BCUT2D eigenvalue weighted by molar-refractivity contribution is -0.155. The van der Waals surface area contributed by atoms with E-state index in [1.165, 1.54) is 25.3 Å². The zero-order valence-corrected chi connectivity index (χ0v) is 12.1. The summed E-state index contributed by atoms with van der Waals surface area (Å²) in [7, 11) is 2.32. The van der Waals surface area contributed by atoms with Gasteiger partial charge in [-0.3, -0.25) is 9.59 Å². The Kier molecular flexibility index (Phi) is 5.66. The molecule has 0 saturated heterocycles. The fourth-order valence-corrected chi connectivity index (χ4v) is 2.02. The number of esters is 3. The summed E-state index contributed by atoms with van der Waals surface area (Å²) in [4.78, 5) is 35.4. The minimum atomic E-state index is -1.50. The van der Waals surface area contributed by atoms with Gasteiger partial charge in [0.25, 0.3) is 0 Å². The average molecular weight is 298 g/mol. The monoisotopic (exact) mass is 298 g/mol. The molecule has 0 radical (unpaired) electrons. The number of carbonyl (C=O) groups is 3. The van der Waals surface area contributed by atoms with Crippen LogP contribution in [0.4, 0.5) is 0 Å². The van der Waals surface area contributed by atoms with E-state index in [1.54, 1.807) is 6.92 Å². The van der Waals surface area contributed by atoms with Crippen LogP contribution >= 0.6 is 0 Å². The Morgan fingerprint density at radius 3 is 2.48 bits per heavy atom. The van der Waals surface area contributed by atoms with Gasteiger partial charge in [-0.05, 0) is 13.0 Å². The molecule has 7 heteroatoms. The maximum atomic E-state index is 12.0. The zero-order chi connectivity index (χ0) is 16.0. The Morgan fingerprint density at radius 2 is 1.95 bits per heavy atom. The van der Waals surface area contributed by atoms with Gasteiger partial charge in [-0.2, -0.15) is 0 Å². The smallest absolute Gasteiger partial charge is 0.336 e. The van der Waals surface area contributed by atoms with Gasteiger partial charge >= 0.3 is 17.9 Å². The Labute approximate surface area is 122 Å². The van der Waals surface area contributed by atoms with Crippen molar-refractivity contribution in [2.24, 2.45) is 5.41 Å². The molecule has 7 nitrogen and oxygen atoms in total. The fraction of sp³-hybridized carbons (Fsp3) is 0.500. The predicted octanol–water partition coefficient (Wildman–Crippen LogP) is 0.129. The summed E-state index contributed by atoms with van der Waals surface area (Å²) in [5.41, 5.74) is -1.63. The van der Waals surface area contributed by atoms with Gasteiger partial charge in [-0.15, -0.1) is 0 Å². The second-order valence-electron chi connectivity index (χ2n) is 4.41. The Bertz CT molecular complexity index is 492. The number of aliphatic hydroxyl groups is 1. The van der Waals surface area contributed by atoms with E-state index in [0.29, 0.717) is 0 Å². The number of rotatable bonds is 5. The van der Waals surface area contributed by atoms with Crippen LogP contribution in [-0.2, 0) is 28.6 Å². The molecule has 1 rings (SSSR count). The molecular weight excluding hydrogens is 280 g/mol. The van der Waals surface area contributed by atoms with Crippen LogP contribution in [0.5, 0.6) is 0 Å². The Hall–Kier alpha value is -2.15. The average Bonchev–Trinajstić information content (AvgIpc) is 2.47. The summed E-state index contributed by atoms with van der Waals surface area (Å²) in [6.07, 6.45) is 2.20. The van der Waals surface area contributed by atoms with Crippen molar-refractivity contribution >= 4 is 17.9 Å². The van der Waals surface area contributed by atoms with E-state index in [4.69, 9.17) is 9.47 Å². The van der Waals surface area contributed by atoms with Crippen LogP contribution in [0.3, 0.4) is 0 Å². The minimum Gasteiger partial charge on any atom is -0.468 e. The first kappa shape index (κ1) is 16.9. The Morgan fingerprint density at radius 1 is 1.29 bits per heavy atom. The lowest BCUT2D eigenvalue weighted by Gasteiger charge is -2.28. The highest BCUT2D eigenvalue weighted by molar-refractivity contribution is 5.95. The molecule has 2 atom stereocenters. The molecule has 0 bridgehead atoms. The molecule has 0 fully saturated rings. The molecule has 0 heterocycles. The first-order chi connectivity index (χ1) is 9.90. The van der Waals surface area contributed by atoms with E-state index in [9.17, 15) is 19.5 Å². The molecule has 0 aromatic carbocycles. The van der Waals surface area contributed by atoms with Crippen molar-refractivity contribution in [3.05, 3.63) is 23.8 Å². The third-order valence-corrected chi connectivity index (χ3v) is 3.04. The van der Waals surface area contributed by atoms with Gasteiger partial charge < -0.3 is 19.3 Å². The highest BCUT2D eigenvalue weighted by Crippen LogP contribution is 2.34. The molecule has 1 aliphatic rings. The van der Waals surface area contributed by atoms with Crippen molar-refractivity contribution in [2.45, 2.75) is 19.4 Å². The molecule has 1 N–H and O–H groups in total. The van der Waals surface area contributed by atoms with Crippen LogP contribution in [-0.4, -0.2) is 49.9 Å². The molecule has 0 aromatic rings. The third-order valence-electron chi connectivity index (χ3n) is 3.04. The topological polar surface area (TPSA) is 99.1 Å². The van der Waals surface area contributed by atoms with Gasteiger partial charge in [-0.25, -0.2) is 4.79 Å². The molecule has 0 amide bonds. The quantitative estimate of drug-likeness (QED) is 0.437. The van der Waals surface area contributed by atoms with Crippen molar-refractivity contribution in [3.63, 3.8) is 0 Å². The number of ether oxygens (including phenoxy) is 3. The van der Waals surface area contributed by atoms with Gasteiger partial charge in [0.15, 0.2) is 0 Å². The summed E-state index contributed by atoms with van der Waals surface area (Å²) in [6, 6.07) is 0. The fourth-order valence-electron chi connectivity index (χ4n) is 2.02. The number of methoxy groups -OCH3 is 2. The van der Waals surface area contributed by atoms with Crippen LogP contribution in [0.1, 0.15) is 13.3 Å². The molecule has 2 unspecified atom stereocenters. The summed E-state index contributed by atoms with van der Waals surface area (Å²) in [6.45, 7) is 1.80. The Balaban J connectivity index is 3.21. The van der Waals surface area contributed by atoms with Crippen LogP contribution in [0.2, 0.25) is 0 Å². The molecular formula is C14H18O7. The lowest BCUT2D eigenvalue weighted by atomic mass is 9.78. The number of aliphatic hydroxyl groups excluding tert-OH is 1. The van der Waals surface area contributed by atoms with Gasteiger partial charge in [-0.1, -0.05) is 12.2 Å². The summed E-state index contributed by atoms with van der Waals surface area (Å²) in [5.74, 6) is -2.14. The summed E-state index contributed by atoms with van der Waals surface area (Å²) in [5, 5.41) is 9.77. The van der Waals surface area contributed by atoms with E-state index in [-0.39, 0.29) is 18.6 Å². The molecule has 0 spiro atoms. The largest absolute Gasteiger partial charge is 0.468 e. The number of carbonyl (C=O) groups excluding carboxylic acids is 3. The van der Waals surface area contributed by atoms with Gasteiger partial charge in [0, 0.05) is 0 Å². The van der Waals surface area contributed by atoms with Crippen LogP contribution in [0, 0.1) is 5.41 Å². The van der Waals surface area contributed by atoms with Crippen LogP contribution < -0.4 is 0 Å². The van der Waals surface area contributed by atoms with E-state index in [2.05, 4.69) is 4.74 Å². The normalized spacial score (nSPS) is 24.0. The lowest BCUT2D eigenvalue weighted by Crippen LogP contribution is -2.36. The second-order valence-corrected chi connectivity index (χ2v) is 4.41. The first-order valence-corrected chi connectivity index (χ1v) is 6.32. The van der Waals surface area contributed by atoms with E-state index in [0.717, 1.165) is 7.11 Å². The SMILES string of the molecule is CCOC(=O)CC1(C(=O)OC)C=CC(O)C(C(=O)OC)=C1. The maximum Gasteiger partial charge on any atom is 0.336 e. The summed E-state index contributed by atoms with van der Waals surface area (Å²) < 4.78 is 14.1. The van der Waals surface area contributed by atoms with Crippen molar-refractivity contribution in [1.82, 2.24) is 0 Å². The molecule has 116 valence electrons. The number of hydrogen-bond donors (Lipinski definition) is 1. The zero-order valence-electron chi connectivity index (χ0n) is 12.1. The molecule has 0 aliphatic heterocycles. The van der Waals surface area contributed by atoms with Crippen molar-refractivity contribution in [1.29, 1.82) is 0 Å². The van der Waals surface area contributed by atoms with Crippen LogP contribution in [0.25, 0.3) is 0 Å². The minimum absolute atomic E-state index is 0.130. The van der Waals surface area contributed by atoms with Crippen LogP contribution in [0.15, 0.2) is 23.8 Å². The highest BCUT2D eigenvalue weighted by atomic mass is 16.5. The van der Waals surface area contributed by atoms with Crippen molar-refractivity contribution in [3.8, 4) is 0 Å². The molecule has 1 aliphatic carbocycles. The predicted molar refractivity (Wildman–Crippen MR) is 70.9 cm³/mol. The molecule has 21 heavy (non-hydrogen) atoms. The molecule has 0 aromatic heterocycles.